The summed E-state index contributed by atoms with van der Waals surface area (Å²) in [5, 5.41) is 2.90. The molecule has 0 aliphatic rings. The van der Waals surface area contributed by atoms with E-state index in [4.69, 9.17) is 8.92 Å². The number of hydrogen-bond acceptors (Lipinski definition) is 5. The number of ether oxygens (including phenoxy) is 1. The van der Waals surface area contributed by atoms with Crippen LogP contribution < -0.4 is 14.2 Å². The van der Waals surface area contributed by atoms with Crippen LogP contribution in [-0.4, -0.2) is 32.7 Å². The van der Waals surface area contributed by atoms with Crippen LogP contribution in [0.5, 0.6) is 11.5 Å². The van der Waals surface area contributed by atoms with E-state index in [1.165, 1.54) is 0 Å². The number of benzene rings is 3. The molecule has 0 saturated carbocycles. The molecule has 8 heteroatoms. The first-order valence-corrected chi connectivity index (χ1v) is 11.4. The van der Waals surface area contributed by atoms with Crippen LogP contribution in [0.2, 0.25) is 0 Å². The van der Waals surface area contributed by atoms with Crippen molar-refractivity contribution in [2.45, 2.75) is 13.1 Å². The smallest absolute Gasteiger partial charge is 0.322 e. The van der Waals surface area contributed by atoms with Crippen LogP contribution in [0, 0.1) is 0 Å². The van der Waals surface area contributed by atoms with Gasteiger partial charge in [0.1, 0.15) is 11.5 Å². The van der Waals surface area contributed by atoms with Gasteiger partial charge < -0.3 is 19.1 Å². The van der Waals surface area contributed by atoms with Crippen LogP contribution in [0.15, 0.2) is 78.9 Å². The van der Waals surface area contributed by atoms with Crippen molar-refractivity contribution in [3.05, 3.63) is 90.0 Å². The monoisotopic (exact) mass is 440 g/mol. The molecule has 0 bridgehead atoms. The Bertz CT molecular complexity index is 1100. The van der Waals surface area contributed by atoms with Crippen molar-refractivity contribution >= 4 is 21.8 Å². The maximum atomic E-state index is 13.0. The quantitative estimate of drug-likeness (QED) is 0.529. The van der Waals surface area contributed by atoms with E-state index in [1.54, 1.807) is 60.5 Å². The molecule has 2 amide bonds. The number of anilines is 1. The molecule has 0 radical (unpaired) electrons. The fraction of sp³-hybridized carbons (Fsp3) is 0.174. The molecule has 0 aliphatic heterocycles. The molecular formula is C23H24N2O5S. The van der Waals surface area contributed by atoms with Crippen LogP contribution >= 0.6 is 0 Å². The van der Waals surface area contributed by atoms with E-state index in [0.717, 1.165) is 17.4 Å². The van der Waals surface area contributed by atoms with Crippen LogP contribution in [-0.2, 0) is 23.2 Å². The van der Waals surface area contributed by atoms with Gasteiger partial charge in [0, 0.05) is 18.8 Å². The number of carbonyl (C=O) groups excluding carboxylic acids is 1. The third kappa shape index (κ3) is 7.04. The van der Waals surface area contributed by atoms with Crippen LogP contribution in [0.25, 0.3) is 0 Å². The highest BCUT2D eigenvalue weighted by atomic mass is 32.2. The largest absolute Gasteiger partial charge is 0.497 e. The van der Waals surface area contributed by atoms with Crippen molar-refractivity contribution in [3.63, 3.8) is 0 Å². The van der Waals surface area contributed by atoms with Crippen LogP contribution in [0.3, 0.4) is 0 Å². The van der Waals surface area contributed by atoms with Gasteiger partial charge in [-0.15, -0.1) is 0 Å². The van der Waals surface area contributed by atoms with Gasteiger partial charge in [0.15, 0.2) is 0 Å². The second-order valence-corrected chi connectivity index (χ2v) is 8.51. The van der Waals surface area contributed by atoms with Gasteiger partial charge in [-0.05, 0) is 47.5 Å². The summed E-state index contributed by atoms with van der Waals surface area (Å²) in [5.41, 5.74) is 2.48. The van der Waals surface area contributed by atoms with Gasteiger partial charge >= 0.3 is 16.1 Å². The van der Waals surface area contributed by atoms with Gasteiger partial charge in [0.2, 0.25) is 0 Å². The molecule has 3 aromatic rings. The zero-order chi connectivity index (χ0) is 22.3. The average molecular weight is 441 g/mol. The van der Waals surface area contributed by atoms with E-state index in [2.05, 4.69) is 5.32 Å². The third-order valence-electron chi connectivity index (χ3n) is 4.39. The minimum Gasteiger partial charge on any atom is -0.497 e. The number of rotatable bonds is 8. The summed E-state index contributed by atoms with van der Waals surface area (Å²) in [7, 11) is -2.01. The van der Waals surface area contributed by atoms with Crippen molar-refractivity contribution in [2.75, 3.05) is 18.7 Å². The molecule has 0 aromatic heterocycles. The molecule has 0 aliphatic carbocycles. The lowest BCUT2D eigenvalue weighted by atomic mass is 10.1. The molecule has 3 rings (SSSR count). The number of nitrogens with one attached hydrogen (secondary N) is 1. The van der Waals surface area contributed by atoms with Gasteiger partial charge in [-0.1, -0.05) is 42.5 Å². The summed E-state index contributed by atoms with van der Waals surface area (Å²) < 4.78 is 32.6. The molecule has 0 fully saturated rings. The first-order chi connectivity index (χ1) is 14.8. The molecule has 0 spiro atoms. The molecular weight excluding hydrogens is 416 g/mol. The molecule has 3 aromatic carbocycles. The molecule has 0 heterocycles. The first-order valence-electron chi connectivity index (χ1n) is 9.55. The summed E-state index contributed by atoms with van der Waals surface area (Å²) in [6, 6.07) is 23.1. The van der Waals surface area contributed by atoms with Gasteiger partial charge in [-0.3, -0.25) is 0 Å². The Kier molecular flexibility index (Phi) is 7.15. The molecule has 31 heavy (non-hydrogen) atoms. The number of methoxy groups -OCH3 is 1. The minimum absolute atomic E-state index is 0.226. The molecule has 1 N–H and O–H groups in total. The average Bonchev–Trinajstić information content (AvgIpc) is 2.75. The third-order valence-corrected chi connectivity index (χ3v) is 4.88. The van der Waals surface area contributed by atoms with Crippen molar-refractivity contribution in [2.24, 2.45) is 0 Å². The SMILES string of the molecule is COc1ccc(NC(=O)N(Cc2ccccc2)Cc2ccc(OS(C)(=O)=O)cc2)cc1. The summed E-state index contributed by atoms with van der Waals surface area (Å²) >= 11 is 0. The van der Waals surface area contributed by atoms with E-state index >= 15 is 0 Å². The highest BCUT2D eigenvalue weighted by molar-refractivity contribution is 7.86. The van der Waals surface area contributed by atoms with Gasteiger partial charge in [0.25, 0.3) is 0 Å². The molecule has 7 nitrogen and oxygen atoms in total. The van der Waals surface area contributed by atoms with Crippen LogP contribution in [0.4, 0.5) is 10.5 Å². The molecule has 0 unspecified atom stereocenters. The van der Waals surface area contributed by atoms with E-state index in [1.807, 2.05) is 30.3 Å². The summed E-state index contributed by atoms with van der Waals surface area (Å²) in [6.07, 6.45) is 0.992. The number of hydrogen-bond donors (Lipinski definition) is 1. The van der Waals surface area contributed by atoms with E-state index in [-0.39, 0.29) is 11.8 Å². The Balaban J connectivity index is 1.76. The maximum Gasteiger partial charge on any atom is 0.322 e. The number of amides is 2. The summed E-state index contributed by atoms with van der Waals surface area (Å²) in [6.45, 7) is 0.737. The Morgan fingerprint density at radius 2 is 1.39 bits per heavy atom. The standard InChI is InChI=1S/C23H24N2O5S/c1-29-21-14-10-20(11-15-21)24-23(26)25(16-18-6-4-3-5-7-18)17-19-8-12-22(13-9-19)30-31(2,27)28/h3-15H,16-17H2,1-2H3,(H,24,26). The van der Waals surface area contributed by atoms with E-state index in [0.29, 0.717) is 24.5 Å². The van der Waals surface area contributed by atoms with Gasteiger partial charge in [-0.2, -0.15) is 8.42 Å². The lowest BCUT2D eigenvalue weighted by Gasteiger charge is -2.24. The number of carbonyl (C=O) groups is 1. The fourth-order valence-corrected chi connectivity index (χ4v) is 3.39. The summed E-state index contributed by atoms with van der Waals surface area (Å²) in [5.74, 6) is 0.930. The zero-order valence-electron chi connectivity index (χ0n) is 17.3. The highest BCUT2D eigenvalue weighted by Crippen LogP contribution is 2.19. The Morgan fingerprint density at radius 3 is 1.94 bits per heavy atom. The van der Waals surface area contributed by atoms with Gasteiger partial charge in [0.05, 0.1) is 13.4 Å². The predicted molar refractivity (Wildman–Crippen MR) is 120 cm³/mol. The summed E-state index contributed by atoms with van der Waals surface area (Å²) in [4.78, 5) is 14.7. The van der Waals surface area contributed by atoms with E-state index < -0.39 is 10.1 Å². The Morgan fingerprint density at radius 1 is 0.839 bits per heavy atom. The normalized spacial score (nSPS) is 10.9. The topological polar surface area (TPSA) is 84.9 Å². The number of urea groups is 1. The minimum atomic E-state index is -3.59. The fourth-order valence-electron chi connectivity index (χ4n) is 2.93. The highest BCUT2D eigenvalue weighted by Gasteiger charge is 2.15. The van der Waals surface area contributed by atoms with Gasteiger partial charge in [-0.25, -0.2) is 4.79 Å². The van der Waals surface area contributed by atoms with Crippen molar-refractivity contribution in [1.82, 2.24) is 4.90 Å². The predicted octanol–water partition coefficient (Wildman–Crippen LogP) is 4.27. The van der Waals surface area contributed by atoms with Crippen molar-refractivity contribution in [1.29, 1.82) is 0 Å². The Labute approximate surface area is 182 Å². The Hall–Kier alpha value is -3.52. The molecule has 0 saturated heterocycles. The van der Waals surface area contributed by atoms with Crippen LogP contribution in [0.1, 0.15) is 11.1 Å². The lowest BCUT2D eigenvalue weighted by molar-refractivity contribution is 0.206. The van der Waals surface area contributed by atoms with Crippen molar-refractivity contribution < 1.29 is 22.1 Å². The lowest BCUT2D eigenvalue weighted by Crippen LogP contribution is -2.34. The second kappa shape index (κ2) is 9.99. The number of nitrogens with zero attached hydrogens (tertiary/aromatic N) is 1. The van der Waals surface area contributed by atoms with E-state index in [9.17, 15) is 13.2 Å². The maximum absolute atomic E-state index is 13.0. The molecule has 162 valence electrons. The zero-order valence-corrected chi connectivity index (χ0v) is 18.1. The first kappa shape index (κ1) is 22.2. The molecule has 0 atom stereocenters. The second-order valence-electron chi connectivity index (χ2n) is 6.93. The van der Waals surface area contributed by atoms with Crippen molar-refractivity contribution in [3.8, 4) is 11.5 Å².